The average molecular weight is 280 g/mol. The minimum absolute atomic E-state index is 0.108. The van der Waals surface area contributed by atoms with E-state index < -0.39 is 0 Å². The van der Waals surface area contributed by atoms with Crippen LogP contribution in [0.3, 0.4) is 0 Å². The van der Waals surface area contributed by atoms with Crippen LogP contribution in [0.4, 0.5) is 0 Å². The summed E-state index contributed by atoms with van der Waals surface area (Å²) in [4.78, 5) is 18.8. The van der Waals surface area contributed by atoms with Gasteiger partial charge in [0.1, 0.15) is 18.3 Å². The molecule has 1 aliphatic heterocycles. The van der Waals surface area contributed by atoms with Gasteiger partial charge in [0, 0.05) is 19.6 Å². The second kappa shape index (κ2) is 7.50. The standard InChI is InChI=1S/C14H24N4O2/c1-3-5-17-7-8-20-13(10-17)12(19)9-14-15-11-16-18(14)6-4-2/h11,13H,3-10H2,1-2H3. The summed E-state index contributed by atoms with van der Waals surface area (Å²) in [6, 6.07) is 0. The lowest BCUT2D eigenvalue weighted by Crippen LogP contribution is -2.46. The highest BCUT2D eigenvalue weighted by Crippen LogP contribution is 2.09. The number of carbonyl (C=O) groups is 1. The quantitative estimate of drug-likeness (QED) is 0.743. The zero-order chi connectivity index (χ0) is 14.4. The minimum atomic E-state index is -0.318. The lowest BCUT2D eigenvalue weighted by Gasteiger charge is -2.31. The minimum Gasteiger partial charge on any atom is -0.368 e. The van der Waals surface area contributed by atoms with Crippen LogP contribution in [0.2, 0.25) is 0 Å². The first kappa shape index (κ1) is 15.1. The molecule has 1 fully saturated rings. The smallest absolute Gasteiger partial charge is 0.170 e. The number of aromatic nitrogens is 3. The summed E-state index contributed by atoms with van der Waals surface area (Å²) in [6.45, 7) is 8.32. The van der Waals surface area contributed by atoms with Crippen LogP contribution in [0.15, 0.2) is 6.33 Å². The Balaban J connectivity index is 1.92. The molecule has 0 spiro atoms. The van der Waals surface area contributed by atoms with Gasteiger partial charge in [-0.3, -0.25) is 9.69 Å². The first-order valence-electron chi connectivity index (χ1n) is 7.48. The van der Waals surface area contributed by atoms with Crippen molar-refractivity contribution in [2.24, 2.45) is 0 Å². The van der Waals surface area contributed by atoms with Gasteiger partial charge < -0.3 is 4.74 Å². The van der Waals surface area contributed by atoms with E-state index in [-0.39, 0.29) is 11.9 Å². The Hall–Kier alpha value is -1.27. The second-order valence-corrected chi connectivity index (χ2v) is 5.20. The molecule has 1 aliphatic rings. The largest absolute Gasteiger partial charge is 0.368 e. The molecule has 0 aliphatic carbocycles. The van der Waals surface area contributed by atoms with Crippen molar-refractivity contribution >= 4 is 5.78 Å². The summed E-state index contributed by atoms with van der Waals surface area (Å²) in [5, 5.41) is 4.15. The Morgan fingerprint density at radius 1 is 1.40 bits per heavy atom. The van der Waals surface area contributed by atoms with Gasteiger partial charge in [0.05, 0.1) is 13.0 Å². The molecule has 0 radical (unpaired) electrons. The number of hydrogen-bond acceptors (Lipinski definition) is 5. The van der Waals surface area contributed by atoms with Gasteiger partial charge in [-0.15, -0.1) is 0 Å². The average Bonchev–Trinajstić information content (AvgIpc) is 2.87. The van der Waals surface area contributed by atoms with E-state index >= 15 is 0 Å². The molecule has 0 saturated carbocycles. The fourth-order valence-corrected chi connectivity index (χ4v) is 2.51. The van der Waals surface area contributed by atoms with Gasteiger partial charge >= 0.3 is 0 Å². The zero-order valence-corrected chi connectivity index (χ0v) is 12.4. The summed E-state index contributed by atoms with van der Waals surface area (Å²) in [5.74, 6) is 0.851. The molecule has 6 heteroatoms. The lowest BCUT2D eigenvalue weighted by atomic mass is 10.1. The third-order valence-corrected chi connectivity index (χ3v) is 3.51. The zero-order valence-electron chi connectivity index (χ0n) is 12.4. The SMILES string of the molecule is CCCN1CCOC(C(=O)Cc2ncnn2CCC)C1. The number of Topliss-reactive ketones (excluding diaryl/α,β-unsaturated/α-hetero) is 1. The van der Waals surface area contributed by atoms with Gasteiger partial charge in [0.2, 0.25) is 0 Å². The molecular formula is C14H24N4O2. The number of rotatable bonds is 7. The van der Waals surface area contributed by atoms with Gasteiger partial charge in [0.15, 0.2) is 5.78 Å². The molecule has 1 saturated heterocycles. The second-order valence-electron chi connectivity index (χ2n) is 5.20. The van der Waals surface area contributed by atoms with Crippen LogP contribution in [0.25, 0.3) is 0 Å². The van der Waals surface area contributed by atoms with Crippen molar-refractivity contribution < 1.29 is 9.53 Å². The third kappa shape index (κ3) is 3.86. The maximum atomic E-state index is 12.3. The molecular weight excluding hydrogens is 256 g/mol. The molecule has 1 unspecified atom stereocenters. The van der Waals surface area contributed by atoms with Gasteiger partial charge in [-0.05, 0) is 19.4 Å². The van der Waals surface area contributed by atoms with Gasteiger partial charge in [-0.2, -0.15) is 5.10 Å². The Morgan fingerprint density at radius 3 is 2.95 bits per heavy atom. The lowest BCUT2D eigenvalue weighted by molar-refractivity contribution is -0.135. The van der Waals surface area contributed by atoms with E-state index in [4.69, 9.17) is 4.74 Å². The molecule has 0 N–H and O–H groups in total. The van der Waals surface area contributed by atoms with E-state index in [9.17, 15) is 4.79 Å². The molecule has 0 bridgehead atoms. The molecule has 0 amide bonds. The Morgan fingerprint density at radius 2 is 2.20 bits per heavy atom. The van der Waals surface area contributed by atoms with Crippen LogP contribution in [-0.4, -0.2) is 57.8 Å². The Kier molecular flexibility index (Phi) is 5.67. The first-order chi connectivity index (χ1) is 9.74. The number of nitrogens with zero attached hydrogens (tertiary/aromatic N) is 4. The van der Waals surface area contributed by atoms with Crippen molar-refractivity contribution in [2.75, 3.05) is 26.2 Å². The molecule has 2 rings (SSSR count). The predicted octanol–water partition coefficient (Wildman–Crippen LogP) is 0.910. The summed E-state index contributed by atoms with van der Waals surface area (Å²) >= 11 is 0. The highest BCUT2D eigenvalue weighted by Gasteiger charge is 2.27. The summed E-state index contributed by atoms with van der Waals surface area (Å²) in [5.41, 5.74) is 0. The number of ketones is 1. The van der Waals surface area contributed by atoms with Crippen LogP contribution >= 0.6 is 0 Å². The number of hydrogen-bond donors (Lipinski definition) is 0. The topological polar surface area (TPSA) is 60.2 Å². The number of ether oxygens (including phenoxy) is 1. The molecule has 112 valence electrons. The fourth-order valence-electron chi connectivity index (χ4n) is 2.51. The van der Waals surface area contributed by atoms with Crippen molar-refractivity contribution in [3.05, 3.63) is 12.2 Å². The molecule has 2 heterocycles. The van der Waals surface area contributed by atoms with Crippen molar-refractivity contribution in [2.45, 2.75) is 45.8 Å². The molecule has 1 atom stereocenters. The first-order valence-corrected chi connectivity index (χ1v) is 7.48. The predicted molar refractivity (Wildman–Crippen MR) is 75.5 cm³/mol. The van der Waals surface area contributed by atoms with E-state index in [0.717, 1.165) is 38.3 Å². The molecule has 0 aromatic carbocycles. The highest BCUT2D eigenvalue weighted by atomic mass is 16.5. The van der Waals surface area contributed by atoms with Crippen molar-refractivity contribution in [1.29, 1.82) is 0 Å². The van der Waals surface area contributed by atoms with Crippen LogP contribution in [0.1, 0.15) is 32.5 Å². The maximum absolute atomic E-state index is 12.3. The Labute approximate surface area is 120 Å². The summed E-state index contributed by atoms with van der Waals surface area (Å²) < 4.78 is 7.43. The van der Waals surface area contributed by atoms with E-state index in [0.29, 0.717) is 19.6 Å². The van der Waals surface area contributed by atoms with Crippen molar-refractivity contribution in [3.63, 3.8) is 0 Å². The third-order valence-electron chi connectivity index (χ3n) is 3.51. The van der Waals surface area contributed by atoms with Crippen LogP contribution < -0.4 is 0 Å². The van der Waals surface area contributed by atoms with Gasteiger partial charge in [0.25, 0.3) is 0 Å². The monoisotopic (exact) mass is 280 g/mol. The molecule has 20 heavy (non-hydrogen) atoms. The maximum Gasteiger partial charge on any atom is 0.170 e. The number of morpholine rings is 1. The summed E-state index contributed by atoms with van der Waals surface area (Å²) in [6.07, 6.45) is 3.59. The number of aryl methyl sites for hydroxylation is 1. The van der Waals surface area contributed by atoms with Crippen molar-refractivity contribution in [1.82, 2.24) is 19.7 Å². The Bertz CT molecular complexity index is 431. The van der Waals surface area contributed by atoms with Crippen LogP contribution in [-0.2, 0) is 22.5 Å². The highest BCUT2D eigenvalue weighted by molar-refractivity contribution is 5.85. The number of carbonyl (C=O) groups excluding carboxylic acids is 1. The van der Waals surface area contributed by atoms with E-state index in [1.165, 1.54) is 6.33 Å². The normalized spacial score (nSPS) is 20.2. The van der Waals surface area contributed by atoms with Crippen LogP contribution in [0, 0.1) is 0 Å². The molecule has 6 nitrogen and oxygen atoms in total. The molecule has 1 aromatic heterocycles. The van der Waals surface area contributed by atoms with E-state index in [2.05, 4.69) is 28.8 Å². The van der Waals surface area contributed by atoms with Gasteiger partial charge in [-0.1, -0.05) is 13.8 Å². The van der Waals surface area contributed by atoms with Crippen LogP contribution in [0.5, 0.6) is 0 Å². The van der Waals surface area contributed by atoms with E-state index in [1.807, 2.05) is 4.68 Å². The summed E-state index contributed by atoms with van der Waals surface area (Å²) in [7, 11) is 0. The van der Waals surface area contributed by atoms with Gasteiger partial charge in [-0.25, -0.2) is 9.67 Å². The van der Waals surface area contributed by atoms with Crippen molar-refractivity contribution in [3.8, 4) is 0 Å². The molecule has 1 aromatic rings. The van der Waals surface area contributed by atoms with E-state index in [1.54, 1.807) is 0 Å². The fraction of sp³-hybridized carbons (Fsp3) is 0.786.